The quantitative estimate of drug-likeness (QED) is 0.558. The summed E-state index contributed by atoms with van der Waals surface area (Å²) in [7, 11) is 0. The van der Waals surface area contributed by atoms with Crippen LogP contribution in [0.4, 0.5) is 0 Å². The van der Waals surface area contributed by atoms with Crippen LogP contribution in [0.25, 0.3) is 22.3 Å². The van der Waals surface area contributed by atoms with Gasteiger partial charge < -0.3 is 10.7 Å². The van der Waals surface area contributed by atoms with Gasteiger partial charge in [0.2, 0.25) is 0 Å². The molecule has 0 amide bonds. The number of aromatic nitrogens is 2. The molecule has 2 aromatic heterocycles. The molecule has 0 radical (unpaired) electrons. The molecule has 2 heterocycles. The Morgan fingerprint density at radius 3 is 2.64 bits per heavy atom. The first-order chi connectivity index (χ1) is 12.2. The summed E-state index contributed by atoms with van der Waals surface area (Å²) in [6.45, 7) is 5.07. The maximum Gasteiger partial charge on any atom is 0.0867 e. The van der Waals surface area contributed by atoms with Gasteiger partial charge in [0.25, 0.3) is 0 Å². The number of nitrogens with zero attached hydrogens (tertiary/aromatic N) is 1. The third kappa shape index (κ3) is 4.10. The second-order valence-corrected chi connectivity index (χ2v) is 6.93. The summed E-state index contributed by atoms with van der Waals surface area (Å²) in [6, 6.07) is 11.1. The normalized spacial score (nSPS) is 11.3. The molecule has 0 atom stereocenters. The number of nitrogens with one attached hydrogen (secondary N) is 1. The van der Waals surface area contributed by atoms with Crippen molar-refractivity contribution < 1.29 is 0 Å². The van der Waals surface area contributed by atoms with Gasteiger partial charge in [-0.25, -0.2) is 0 Å². The van der Waals surface area contributed by atoms with Crippen LogP contribution in [-0.2, 0) is 12.8 Å². The van der Waals surface area contributed by atoms with Gasteiger partial charge in [0.05, 0.1) is 11.4 Å². The van der Waals surface area contributed by atoms with Crippen LogP contribution < -0.4 is 5.73 Å². The van der Waals surface area contributed by atoms with Gasteiger partial charge in [0.1, 0.15) is 0 Å². The van der Waals surface area contributed by atoms with Crippen molar-refractivity contribution in [2.75, 3.05) is 6.54 Å². The predicted octanol–water partition coefficient (Wildman–Crippen LogP) is 5.16. The number of hydrogen-bond donors (Lipinski definition) is 2. The SMILES string of the molecule is CCCCc1ccc2[nH]c(-c3ccc(C)cn3)c(CCCCN)c2c1. The van der Waals surface area contributed by atoms with Crippen LogP contribution in [0, 0.1) is 6.92 Å². The first-order valence-electron chi connectivity index (χ1n) is 9.49. The van der Waals surface area contributed by atoms with Gasteiger partial charge in [0.15, 0.2) is 0 Å². The van der Waals surface area contributed by atoms with E-state index in [1.807, 2.05) is 6.20 Å². The summed E-state index contributed by atoms with van der Waals surface area (Å²) in [5, 5.41) is 1.35. The van der Waals surface area contributed by atoms with Gasteiger partial charge >= 0.3 is 0 Å². The number of aromatic amines is 1. The average molecular weight is 335 g/mol. The van der Waals surface area contributed by atoms with E-state index in [1.165, 1.54) is 46.1 Å². The number of pyridine rings is 1. The maximum atomic E-state index is 5.71. The highest BCUT2D eigenvalue weighted by molar-refractivity contribution is 5.90. The average Bonchev–Trinajstić information content (AvgIpc) is 2.99. The Bertz CT molecular complexity index is 815. The third-order valence-corrected chi connectivity index (χ3v) is 4.84. The number of rotatable bonds is 8. The standard InChI is InChI=1S/C22H29N3/c1-3-4-7-17-10-12-20-19(14-17)18(8-5-6-13-23)22(25-20)21-11-9-16(2)15-24-21/h9-12,14-15,25H,3-8,13,23H2,1-2H3. The van der Waals surface area contributed by atoms with Crippen molar-refractivity contribution in [2.45, 2.75) is 52.4 Å². The Morgan fingerprint density at radius 1 is 1.04 bits per heavy atom. The van der Waals surface area contributed by atoms with Gasteiger partial charge in [-0.15, -0.1) is 0 Å². The molecule has 3 heteroatoms. The fraction of sp³-hybridized carbons (Fsp3) is 0.409. The first-order valence-corrected chi connectivity index (χ1v) is 9.49. The van der Waals surface area contributed by atoms with Gasteiger partial charge in [-0.05, 0) is 80.5 Å². The highest BCUT2D eigenvalue weighted by Gasteiger charge is 2.14. The molecule has 132 valence electrons. The molecule has 0 bridgehead atoms. The zero-order chi connectivity index (χ0) is 17.6. The molecular weight excluding hydrogens is 306 g/mol. The maximum absolute atomic E-state index is 5.71. The fourth-order valence-corrected chi connectivity index (χ4v) is 3.37. The van der Waals surface area contributed by atoms with E-state index in [2.05, 4.69) is 54.1 Å². The van der Waals surface area contributed by atoms with Gasteiger partial charge in [-0.1, -0.05) is 25.5 Å². The molecule has 1 aromatic carbocycles. The lowest BCUT2D eigenvalue weighted by Gasteiger charge is -2.06. The van der Waals surface area contributed by atoms with Gasteiger partial charge in [-0.3, -0.25) is 4.98 Å². The molecule has 0 spiro atoms. The predicted molar refractivity (Wildman–Crippen MR) is 107 cm³/mol. The van der Waals surface area contributed by atoms with E-state index >= 15 is 0 Å². The lowest BCUT2D eigenvalue weighted by atomic mass is 9.99. The number of nitrogens with two attached hydrogens (primary N) is 1. The van der Waals surface area contributed by atoms with E-state index in [9.17, 15) is 0 Å². The van der Waals surface area contributed by atoms with Crippen molar-refractivity contribution in [2.24, 2.45) is 5.73 Å². The van der Waals surface area contributed by atoms with Crippen LogP contribution in [0.3, 0.4) is 0 Å². The largest absolute Gasteiger partial charge is 0.353 e. The molecule has 3 aromatic rings. The molecule has 0 saturated carbocycles. The van der Waals surface area contributed by atoms with Crippen LogP contribution in [0.2, 0.25) is 0 Å². The van der Waals surface area contributed by atoms with E-state index in [0.717, 1.165) is 37.9 Å². The third-order valence-electron chi connectivity index (χ3n) is 4.84. The van der Waals surface area contributed by atoms with Crippen molar-refractivity contribution in [3.05, 3.63) is 53.2 Å². The molecule has 0 unspecified atom stereocenters. The van der Waals surface area contributed by atoms with Gasteiger partial charge in [-0.2, -0.15) is 0 Å². The smallest absolute Gasteiger partial charge is 0.0867 e. The van der Waals surface area contributed by atoms with Crippen LogP contribution in [0.5, 0.6) is 0 Å². The topological polar surface area (TPSA) is 54.7 Å². The summed E-state index contributed by atoms with van der Waals surface area (Å²) < 4.78 is 0. The Labute approximate surface area is 150 Å². The van der Waals surface area contributed by atoms with Crippen molar-refractivity contribution in [3.63, 3.8) is 0 Å². The number of benzene rings is 1. The van der Waals surface area contributed by atoms with Crippen LogP contribution in [0.1, 0.15) is 49.3 Å². The molecule has 0 saturated heterocycles. The summed E-state index contributed by atoms with van der Waals surface area (Å²) in [5.41, 5.74) is 13.1. The number of aryl methyl sites for hydroxylation is 3. The fourth-order valence-electron chi connectivity index (χ4n) is 3.37. The summed E-state index contributed by atoms with van der Waals surface area (Å²) in [5.74, 6) is 0. The molecule has 3 rings (SSSR count). The Morgan fingerprint density at radius 2 is 1.92 bits per heavy atom. The molecule has 0 fully saturated rings. The highest BCUT2D eigenvalue weighted by atomic mass is 14.8. The lowest BCUT2D eigenvalue weighted by Crippen LogP contribution is -1.99. The molecule has 3 N–H and O–H groups in total. The van der Waals surface area contributed by atoms with Crippen LogP contribution >= 0.6 is 0 Å². The summed E-state index contributed by atoms with van der Waals surface area (Å²) in [4.78, 5) is 8.27. The summed E-state index contributed by atoms with van der Waals surface area (Å²) in [6.07, 6.45) is 8.77. The lowest BCUT2D eigenvalue weighted by molar-refractivity contribution is 0.748. The van der Waals surface area contributed by atoms with Crippen LogP contribution in [-0.4, -0.2) is 16.5 Å². The Hall–Kier alpha value is -2.13. The van der Waals surface area contributed by atoms with Crippen molar-refractivity contribution >= 4 is 10.9 Å². The molecule has 25 heavy (non-hydrogen) atoms. The van der Waals surface area contributed by atoms with E-state index in [0.29, 0.717) is 0 Å². The molecule has 3 nitrogen and oxygen atoms in total. The summed E-state index contributed by atoms with van der Waals surface area (Å²) >= 11 is 0. The zero-order valence-corrected chi connectivity index (χ0v) is 15.4. The molecular formula is C22H29N3. The number of fused-ring (bicyclic) bond motifs is 1. The second kappa shape index (κ2) is 8.30. The molecule has 0 aliphatic rings. The minimum atomic E-state index is 0.752. The van der Waals surface area contributed by atoms with Crippen molar-refractivity contribution in [3.8, 4) is 11.4 Å². The van der Waals surface area contributed by atoms with Gasteiger partial charge in [0, 0.05) is 17.1 Å². The molecule has 0 aliphatic heterocycles. The van der Waals surface area contributed by atoms with E-state index in [4.69, 9.17) is 5.73 Å². The first kappa shape index (κ1) is 17.7. The van der Waals surface area contributed by atoms with E-state index < -0.39 is 0 Å². The number of H-pyrrole nitrogens is 1. The molecule has 0 aliphatic carbocycles. The van der Waals surface area contributed by atoms with Crippen molar-refractivity contribution in [1.82, 2.24) is 9.97 Å². The van der Waals surface area contributed by atoms with E-state index in [1.54, 1.807) is 0 Å². The van der Waals surface area contributed by atoms with Crippen molar-refractivity contribution in [1.29, 1.82) is 0 Å². The Balaban J connectivity index is 2.04. The Kier molecular flexibility index (Phi) is 5.87. The number of hydrogen-bond acceptors (Lipinski definition) is 2. The number of unbranched alkanes of at least 4 members (excludes halogenated alkanes) is 2. The minimum Gasteiger partial charge on any atom is -0.353 e. The van der Waals surface area contributed by atoms with E-state index in [-0.39, 0.29) is 0 Å². The monoisotopic (exact) mass is 335 g/mol. The highest BCUT2D eigenvalue weighted by Crippen LogP contribution is 2.31. The zero-order valence-electron chi connectivity index (χ0n) is 15.4. The van der Waals surface area contributed by atoms with Crippen LogP contribution in [0.15, 0.2) is 36.5 Å². The second-order valence-electron chi connectivity index (χ2n) is 6.93. The minimum absolute atomic E-state index is 0.752.